The Labute approximate surface area is 190 Å². The third-order valence-electron chi connectivity index (χ3n) is 5.96. The number of nitrogens with one attached hydrogen (secondary N) is 1. The van der Waals surface area contributed by atoms with Gasteiger partial charge in [-0.2, -0.15) is 5.26 Å². The van der Waals surface area contributed by atoms with Crippen LogP contribution < -0.4 is 5.32 Å². The number of aliphatic hydroxyl groups is 1. The van der Waals surface area contributed by atoms with E-state index in [1.165, 1.54) is 6.42 Å². The Morgan fingerprint density at radius 1 is 1.22 bits per heavy atom. The first-order chi connectivity index (χ1) is 15.1. The minimum Gasteiger partial charge on any atom is -0.481 e. The zero-order chi connectivity index (χ0) is 23.7. The molecule has 1 aromatic rings. The van der Waals surface area contributed by atoms with Crippen molar-refractivity contribution in [2.75, 3.05) is 0 Å². The smallest absolute Gasteiger partial charge is 0.407 e. The van der Waals surface area contributed by atoms with Crippen molar-refractivity contribution in [1.82, 2.24) is 5.32 Å². The van der Waals surface area contributed by atoms with Crippen LogP contribution in [0.5, 0.6) is 0 Å². The molecule has 176 valence electrons. The molecular weight excluding hydrogens is 408 g/mol. The summed E-state index contributed by atoms with van der Waals surface area (Å²) >= 11 is 0. The number of hydrogen-bond acceptors (Lipinski definition) is 5. The Morgan fingerprint density at radius 2 is 1.88 bits per heavy atom. The Morgan fingerprint density at radius 3 is 2.47 bits per heavy atom. The topological polar surface area (TPSA) is 120 Å². The van der Waals surface area contributed by atoms with Crippen molar-refractivity contribution in [1.29, 1.82) is 5.26 Å². The van der Waals surface area contributed by atoms with Crippen molar-refractivity contribution in [3.8, 4) is 6.07 Å². The highest BCUT2D eigenvalue weighted by molar-refractivity contribution is 5.71. The quantitative estimate of drug-likeness (QED) is 0.519. The molecule has 3 atom stereocenters. The van der Waals surface area contributed by atoms with Crippen LogP contribution in [0.4, 0.5) is 4.79 Å². The van der Waals surface area contributed by atoms with Crippen molar-refractivity contribution < 1.29 is 24.5 Å². The first kappa shape index (κ1) is 25.7. The first-order valence-electron chi connectivity index (χ1n) is 11.5. The summed E-state index contributed by atoms with van der Waals surface area (Å²) in [6, 6.07) is 8.38. The van der Waals surface area contributed by atoms with E-state index in [0.29, 0.717) is 23.5 Å². The van der Waals surface area contributed by atoms with Gasteiger partial charge in [0.2, 0.25) is 0 Å². The van der Waals surface area contributed by atoms with E-state index in [4.69, 9.17) is 4.74 Å². The molecule has 0 radical (unpaired) electrons. The van der Waals surface area contributed by atoms with Gasteiger partial charge in [0, 0.05) is 0 Å². The Hall–Kier alpha value is -2.59. The minimum atomic E-state index is -1.04. The number of amides is 1. The van der Waals surface area contributed by atoms with E-state index in [-0.39, 0.29) is 12.8 Å². The zero-order valence-corrected chi connectivity index (χ0v) is 19.3. The lowest BCUT2D eigenvalue weighted by atomic mass is 9.82. The fraction of sp³-hybridized carbons (Fsp3) is 0.640. The van der Waals surface area contributed by atoms with Crippen LogP contribution in [0.1, 0.15) is 76.8 Å². The van der Waals surface area contributed by atoms with E-state index >= 15 is 0 Å². The standard InChI is InChI=1S/C25H36N2O5/c1-25(2,3)32-24(31)27-21(13-17-9-5-4-6-10-17)22(28)15-20(23(29)30)14-18-11-7-8-12-19(18)16-26/h7-8,11-12,17,20-22,28H,4-6,9-10,13-15H2,1-3H3,(H,27,31)(H,29,30). The number of hydrogen-bond donors (Lipinski definition) is 3. The molecule has 1 amide bonds. The number of carboxylic acids is 1. The van der Waals surface area contributed by atoms with E-state index in [1.54, 1.807) is 45.0 Å². The number of nitrogens with zero attached hydrogens (tertiary/aromatic N) is 1. The summed E-state index contributed by atoms with van der Waals surface area (Å²) in [6.45, 7) is 5.31. The van der Waals surface area contributed by atoms with Gasteiger partial charge in [0.15, 0.2) is 0 Å². The van der Waals surface area contributed by atoms with Crippen LogP contribution in [0, 0.1) is 23.2 Å². The number of benzene rings is 1. The fourth-order valence-corrected chi connectivity index (χ4v) is 4.35. The van der Waals surface area contributed by atoms with E-state index in [1.807, 2.05) is 0 Å². The maximum atomic E-state index is 12.4. The number of carbonyl (C=O) groups excluding carboxylic acids is 1. The lowest BCUT2D eigenvalue weighted by molar-refractivity contribution is -0.143. The summed E-state index contributed by atoms with van der Waals surface area (Å²) < 4.78 is 5.37. The summed E-state index contributed by atoms with van der Waals surface area (Å²) in [5.74, 6) is -1.54. The largest absolute Gasteiger partial charge is 0.481 e. The molecule has 1 aromatic carbocycles. The molecule has 3 N–H and O–H groups in total. The van der Waals surface area contributed by atoms with Crippen molar-refractivity contribution in [3.63, 3.8) is 0 Å². The van der Waals surface area contributed by atoms with E-state index in [9.17, 15) is 25.1 Å². The van der Waals surface area contributed by atoms with E-state index < -0.39 is 35.7 Å². The van der Waals surface area contributed by atoms with Crippen molar-refractivity contribution in [2.24, 2.45) is 11.8 Å². The second kappa shape index (κ2) is 11.9. The average Bonchev–Trinajstić information content (AvgIpc) is 2.72. The predicted molar refractivity (Wildman–Crippen MR) is 121 cm³/mol. The number of alkyl carbamates (subject to hydrolysis) is 1. The SMILES string of the molecule is CC(C)(C)OC(=O)NC(CC1CCCCC1)C(O)CC(Cc1ccccc1C#N)C(=O)O. The monoisotopic (exact) mass is 444 g/mol. The number of aliphatic carboxylic acids is 1. The summed E-state index contributed by atoms with van der Waals surface area (Å²) in [5, 5.41) is 32.9. The van der Waals surface area contributed by atoms with Crippen LogP contribution >= 0.6 is 0 Å². The van der Waals surface area contributed by atoms with Crippen molar-refractivity contribution in [3.05, 3.63) is 35.4 Å². The molecule has 1 saturated carbocycles. The summed E-state index contributed by atoms with van der Waals surface area (Å²) in [5.41, 5.74) is 0.395. The van der Waals surface area contributed by atoms with Crippen LogP contribution in [0.3, 0.4) is 0 Å². The molecule has 0 heterocycles. The highest BCUT2D eigenvalue weighted by atomic mass is 16.6. The van der Waals surface area contributed by atoms with Crippen LogP contribution in [0.15, 0.2) is 24.3 Å². The summed E-state index contributed by atoms with van der Waals surface area (Å²) in [4.78, 5) is 24.4. The van der Waals surface area contributed by atoms with Crippen molar-refractivity contribution in [2.45, 2.75) is 89.9 Å². The lowest BCUT2D eigenvalue weighted by Gasteiger charge is -2.32. The maximum absolute atomic E-state index is 12.4. The van der Waals surface area contributed by atoms with Crippen LogP contribution in [0.2, 0.25) is 0 Å². The lowest BCUT2D eigenvalue weighted by Crippen LogP contribution is -2.47. The van der Waals surface area contributed by atoms with Crippen molar-refractivity contribution >= 4 is 12.1 Å². The summed E-state index contributed by atoms with van der Waals surface area (Å²) in [7, 11) is 0. The molecule has 0 aromatic heterocycles. The van der Waals surface area contributed by atoms with Gasteiger partial charge in [0.1, 0.15) is 5.60 Å². The molecule has 0 bridgehead atoms. The Bertz CT molecular complexity index is 805. The molecule has 7 heteroatoms. The van der Waals surface area contributed by atoms with Crippen LogP contribution in [0.25, 0.3) is 0 Å². The Balaban J connectivity index is 2.13. The molecule has 0 spiro atoms. The molecule has 1 aliphatic rings. The number of carboxylic acid groups (broad SMARTS) is 1. The van der Waals surface area contributed by atoms with Gasteiger partial charge >= 0.3 is 12.1 Å². The number of rotatable bonds is 9. The third-order valence-corrected chi connectivity index (χ3v) is 5.96. The highest BCUT2D eigenvalue weighted by Crippen LogP contribution is 2.29. The fourth-order valence-electron chi connectivity index (χ4n) is 4.35. The van der Waals surface area contributed by atoms with Gasteiger partial charge in [-0.1, -0.05) is 50.3 Å². The highest BCUT2D eigenvalue weighted by Gasteiger charge is 2.32. The molecule has 0 saturated heterocycles. The van der Waals surface area contributed by atoms with E-state index in [0.717, 1.165) is 25.7 Å². The Kier molecular flexibility index (Phi) is 9.52. The maximum Gasteiger partial charge on any atom is 0.407 e. The van der Waals surface area contributed by atoms with Gasteiger partial charge < -0.3 is 20.3 Å². The number of ether oxygens (including phenoxy) is 1. The summed E-state index contributed by atoms with van der Waals surface area (Å²) in [6.07, 6.45) is 4.57. The minimum absolute atomic E-state index is 0.0255. The van der Waals surface area contributed by atoms with E-state index in [2.05, 4.69) is 11.4 Å². The zero-order valence-electron chi connectivity index (χ0n) is 19.3. The third kappa shape index (κ3) is 8.51. The molecule has 3 unspecified atom stereocenters. The normalized spacial score (nSPS) is 17.6. The molecule has 32 heavy (non-hydrogen) atoms. The molecule has 1 fully saturated rings. The van der Waals surface area contributed by atoms with Gasteiger partial charge in [0.25, 0.3) is 0 Å². The molecule has 0 aliphatic heterocycles. The van der Waals surface area contributed by atoms with Gasteiger partial charge in [-0.3, -0.25) is 4.79 Å². The van der Waals surface area contributed by atoms with Gasteiger partial charge in [-0.25, -0.2) is 4.79 Å². The van der Waals surface area contributed by atoms with Crippen LogP contribution in [-0.4, -0.2) is 40.0 Å². The molecule has 2 rings (SSSR count). The average molecular weight is 445 g/mol. The first-order valence-corrected chi connectivity index (χ1v) is 11.5. The number of carbonyl (C=O) groups is 2. The second-order valence-electron chi connectivity index (χ2n) is 9.80. The number of nitriles is 1. The second-order valence-corrected chi connectivity index (χ2v) is 9.80. The van der Waals surface area contributed by atoms with Gasteiger partial charge in [-0.15, -0.1) is 0 Å². The molecule has 7 nitrogen and oxygen atoms in total. The number of aliphatic hydroxyl groups excluding tert-OH is 1. The van der Waals surface area contributed by atoms with Crippen LogP contribution in [-0.2, 0) is 16.0 Å². The van der Waals surface area contributed by atoms with Gasteiger partial charge in [0.05, 0.1) is 29.7 Å². The van der Waals surface area contributed by atoms with Gasteiger partial charge in [-0.05, 0) is 57.6 Å². The molecule has 1 aliphatic carbocycles. The predicted octanol–water partition coefficient (Wildman–Crippen LogP) is 4.42. The molecular formula is C25H36N2O5.